The molecule has 0 amide bonds. The number of aliphatic imine (C=N–C) groups is 1. The molecule has 0 fully saturated rings. The predicted molar refractivity (Wildman–Crippen MR) is 113 cm³/mol. The van der Waals surface area contributed by atoms with E-state index in [0.29, 0.717) is 6.54 Å². The molecular weight excluding hydrogens is 346 g/mol. The normalized spacial score (nSPS) is 19.3. The van der Waals surface area contributed by atoms with Gasteiger partial charge in [0, 0.05) is 30.4 Å². The van der Waals surface area contributed by atoms with E-state index in [1.807, 2.05) is 10.9 Å². The van der Waals surface area contributed by atoms with Crippen molar-refractivity contribution in [2.75, 3.05) is 0 Å². The zero-order valence-electron chi connectivity index (χ0n) is 16.0. The number of hydrogen-bond acceptors (Lipinski definition) is 4. The van der Waals surface area contributed by atoms with Crippen molar-refractivity contribution in [3.63, 3.8) is 0 Å². The van der Waals surface area contributed by atoms with Crippen LogP contribution in [0.2, 0.25) is 0 Å². The Morgan fingerprint density at radius 2 is 1.86 bits per heavy atom. The first-order valence-corrected chi connectivity index (χ1v) is 10.1. The van der Waals surface area contributed by atoms with Crippen LogP contribution in [-0.4, -0.2) is 20.9 Å². The Morgan fingerprint density at radius 1 is 1.00 bits per heavy atom. The van der Waals surface area contributed by atoms with Crippen molar-refractivity contribution < 1.29 is 0 Å². The fourth-order valence-corrected chi connectivity index (χ4v) is 4.40. The van der Waals surface area contributed by atoms with Crippen LogP contribution in [0, 0.1) is 0 Å². The zero-order valence-corrected chi connectivity index (χ0v) is 16.0. The Labute approximate surface area is 165 Å². The molecule has 5 rings (SSSR count). The summed E-state index contributed by atoms with van der Waals surface area (Å²) in [6.45, 7) is 1.35. The second-order valence-corrected chi connectivity index (χ2v) is 7.56. The Balaban J connectivity index is 1.59. The van der Waals surface area contributed by atoms with E-state index in [4.69, 9.17) is 15.8 Å². The summed E-state index contributed by atoms with van der Waals surface area (Å²) in [6.07, 6.45) is 8.56. The third kappa shape index (κ3) is 2.92. The molecule has 5 nitrogen and oxygen atoms in total. The van der Waals surface area contributed by atoms with Crippen LogP contribution in [0.5, 0.6) is 0 Å². The average molecular weight is 371 g/mol. The van der Waals surface area contributed by atoms with Gasteiger partial charge in [0.05, 0.1) is 11.7 Å². The lowest BCUT2D eigenvalue weighted by molar-refractivity contribution is 0.161. The lowest BCUT2D eigenvalue weighted by Gasteiger charge is -2.39. The van der Waals surface area contributed by atoms with E-state index >= 15 is 0 Å². The van der Waals surface area contributed by atoms with Gasteiger partial charge in [-0.05, 0) is 48.4 Å². The van der Waals surface area contributed by atoms with Gasteiger partial charge in [-0.25, -0.2) is 9.67 Å². The van der Waals surface area contributed by atoms with E-state index in [1.54, 1.807) is 0 Å². The van der Waals surface area contributed by atoms with Crippen LogP contribution >= 0.6 is 0 Å². The Bertz CT molecular complexity index is 1050. The van der Waals surface area contributed by atoms with Gasteiger partial charge in [0.15, 0.2) is 0 Å². The molecule has 3 aromatic rings. The van der Waals surface area contributed by atoms with Crippen LogP contribution in [0.15, 0.2) is 71.0 Å². The molecule has 1 aromatic heterocycles. The molecule has 0 spiro atoms. The SMILES string of the molecule is NCc1cccc2c1cnn2C1N=CC2=C(CCCC2)N1Cc1ccccc1. The van der Waals surface area contributed by atoms with Crippen LogP contribution in [0.3, 0.4) is 0 Å². The second-order valence-electron chi connectivity index (χ2n) is 7.56. The molecule has 2 aliphatic rings. The Hall–Kier alpha value is -2.92. The maximum absolute atomic E-state index is 5.94. The monoisotopic (exact) mass is 371 g/mol. The van der Waals surface area contributed by atoms with Gasteiger partial charge in [0.25, 0.3) is 0 Å². The summed E-state index contributed by atoms with van der Waals surface area (Å²) in [4.78, 5) is 7.39. The zero-order chi connectivity index (χ0) is 18.9. The van der Waals surface area contributed by atoms with Crippen molar-refractivity contribution in [1.29, 1.82) is 0 Å². The minimum Gasteiger partial charge on any atom is -0.330 e. The summed E-state index contributed by atoms with van der Waals surface area (Å²) in [7, 11) is 0. The number of nitrogens with zero attached hydrogens (tertiary/aromatic N) is 4. The summed E-state index contributed by atoms with van der Waals surface area (Å²) in [6, 6.07) is 16.9. The molecular formula is C23H25N5. The van der Waals surface area contributed by atoms with E-state index in [2.05, 4.69) is 59.6 Å². The summed E-state index contributed by atoms with van der Waals surface area (Å²) in [5, 5.41) is 5.85. The van der Waals surface area contributed by atoms with Gasteiger partial charge < -0.3 is 10.6 Å². The van der Waals surface area contributed by atoms with Crippen LogP contribution < -0.4 is 5.73 Å². The highest BCUT2D eigenvalue weighted by Gasteiger charge is 2.30. The van der Waals surface area contributed by atoms with Gasteiger partial charge in [-0.15, -0.1) is 0 Å². The predicted octanol–water partition coefficient (Wildman–Crippen LogP) is 4.37. The van der Waals surface area contributed by atoms with E-state index in [0.717, 1.165) is 35.9 Å². The first-order valence-electron chi connectivity index (χ1n) is 10.1. The summed E-state index contributed by atoms with van der Waals surface area (Å²) in [5.41, 5.74) is 12.2. The highest BCUT2D eigenvalue weighted by molar-refractivity contribution is 5.83. The highest BCUT2D eigenvalue weighted by atomic mass is 15.5. The second kappa shape index (κ2) is 7.24. The van der Waals surface area contributed by atoms with Crippen molar-refractivity contribution in [2.45, 2.75) is 45.1 Å². The van der Waals surface area contributed by atoms with Crippen LogP contribution in [0.25, 0.3) is 10.9 Å². The summed E-state index contributed by atoms with van der Waals surface area (Å²) < 4.78 is 2.05. The van der Waals surface area contributed by atoms with E-state index in [1.165, 1.54) is 29.7 Å². The molecule has 2 aromatic carbocycles. The maximum Gasteiger partial charge on any atom is 0.218 e. The molecule has 142 valence electrons. The molecule has 28 heavy (non-hydrogen) atoms. The number of aromatic nitrogens is 2. The van der Waals surface area contributed by atoms with Crippen molar-refractivity contribution in [2.24, 2.45) is 10.7 Å². The Kier molecular flexibility index (Phi) is 4.45. The van der Waals surface area contributed by atoms with Crippen molar-refractivity contribution in [1.82, 2.24) is 14.7 Å². The summed E-state index contributed by atoms with van der Waals surface area (Å²) in [5.74, 6) is 0. The molecule has 1 unspecified atom stereocenters. The van der Waals surface area contributed by atoms with Gasteiger partial charge in [-0.3, -0.25) is 0 Å². The number of rotatable bonds is 4. The first-order chi connectivity index (χ1) is 13.8. The van der Waals surface area contributed by atoms with Gasteiger partial charge in [-0.2, -0.15) is 5.10 Å². The minimum atomic E-state index is -0.164. The summed E-state index contributed by atoms with van der Waals surface area (Å²) >= 11 is 0. The molecule has 0 radical (unpaired) electrons. The number of allylic oxidation sites excluding steroid dienone is 2. The fourth-order valence-electron chi connectivity index (χ4n) is 4.40. The highest BCUT2D eigenvalue weighted by Crippen LogP contribution is 2.37. The third-order valence-electron chi connectivity index (χ3n) is 5.84. The smallest absolute Gasteiger partial charge is 0.218 e. The van der Waals surface area contributed by atoms with Crippen LogP contribution in [0.4, 0.5) is 0 Å². The molecule has 2 N–H and O–H groups in total. The standard InChI is InChI=1S/C23H25N5/c24-13-18-10-6-12-22-20(18)15-26-28(22)23-25-14-19-9-4-5-11-21(19)27(23)16-17-7-2-1-3-8-17/h1-3,6-8,10,12,14-15,23H,4-5,9,11,13,16,24H2. The number of benzene rings is 2. The molecule has 1 aliphatic heterocycles. The molecule has 2 heterocycles. The Morgan fingerprint density at radius 3 is 2.71 bits per heavy atom. The molecule has 0 saturated carbocycles. The van der Waals surface area contributed by atoms with Crippen LogP contribution in [0.1, 0.15) is 43.1 Å². The minimum absolute atomic E-state index is 0.164. The molecule has 0 bridgehead atoms. The van der Waals surface area contributed by atoms with Gasteiger partial charge in [0.1, 0.15) is 0 Å². The molecule has 0 saturated heterocycles. The molecule has 5 heteroatoms. The van der Waals surface area contributed by atoms with Crippen molar-refractivity contribution in [3.8, 4) is 0 Å². The third-order valence-corrected chi connectivity index (χ3v) is 5.84. The lowest BCUT2D eigenvalue weighted by atomic mass is 9.94. The van der Waals surface area contributed by atoms with Gasteiger partial charge >= 0.3 is 0 Å². The van der Waals surface area contributed by atoms with E-state index < -0.39 is 0 Å². The fraction of sp³-hybridized carbons (Fsp3) is 0.304. The molecule has 1 atom stereocenters. The largest absolute Gasteiger partial charge is 0.330 e. The van der Waals surface area contributed by atoms with E-state index in [9.17, 15) is 0 Å². The van der Waals surface area contributed by atoms with Gasteiger partial charge in [0.2, 0.25) is 6.29 Å². The maximum atomic E-state index is 5.94. The molecule has 1 aliphatic carbocycles. The number of fused-ring (bicyclic) bond motifs is 1. The number of hydrogen-bond donors (Lipinski definition) is 1. The average Bonchev–Trinajstić information content (AvgIpc) is 3.19. The lowest BCUT2D eigenvalue weighted by Crippen LogP contribution is -2.35. The quantitative estimate of drug-likeness (QED) is 0.741. The van der Waals surface area contributed by atoms with Crippen LogP contribution in [-0.2, 0) is 13.1 Å². The number of nitrogens with two attached hydrogens (primary N) is 1. The van der Waals surface area contributed by atoms with E-state index in [-0.39, 0.29) is 6.29 Å². The van der Waals surface area contributed by atoms with Gasteiger partial charge in [-0.1, -0.05) is 42.5 Å². The van der Waals surface area contributed by atoms with Crippen molar-refractivity contribution >= 4 is 17.1 Å². The van der Waals surface area contributed by atoms with Crippen molar-refractivity contribution in [3.05, 3.63) is 77.1 Å². The topological polar surface area (TPSA) is 59.4 Å². The first kappa shape index (κ1) is 17.2.